The highest BCUT2D eigenvalue weighted by molar-refractivity contribution is 5.90. The number of benzene rings is 2. The van der Waals surface area contributed by atoms with Gasteiger partial charge in [-0.1, -0.05) is 43.0 Å². The number of methoxy groups -OCH3 is 2. The Hall–Kier alpha value is -3.81. The number of hydrogen-bond acceptors (Lipinski definition) is 6. The van der Waals surface area contributed by atoms with Crippen molar-refractivity contribution in [2.75, 3.05) is 27.3 Å². The van der Waals surface area contributed by atoms with Crippen LogP contribution in [0.2, 0.25) is 0 Å². The summed E-state index contributed by atoms with van der Waals surface area (Å²) in [5, 5.41) is 2.70. The van der Waals surface area contributed by atoms with Gasteiger partial charge in [-0.25, -0.2) is 4.79 Å². The van der Waals surface area contributed by atoms with Crippen LogP contribution >= 0.6 is 0 Å². The number of nitrogens with one attached hydrogen (secondary N) is 1. The Kier molecular flexibility index (Phi) is 10.5. The third-order valence-corrected chi connectivity index (χ3v) is 7.08. The van der Waals surface area contributed by atoms with Crippen LogP contribution in [0, 0.1) is 5.41 Å². The van der Waals surface area contributed by atoms with E-state index in [9.17, 15) is 14.4 Å². The molecule has 1 N–H and O–H groups in total. The first kappa shape index (κ1) is 29.7. The molecule has 2 aromatic rings. The van der Waals surface area contributed by atoms with E-state index in [1.165, 1.54) is 6.08 Å². The summed E-state index contributed by atoms with van der Waals surface area (Å²) in [6.07, 6.45) is 4.09. The van der Waals surface area contributed by atoms with Gasteiger partial charge in [0.05, 0.1) is 19.6 Å². The molecule has 1 aliphatic rings. The van der Waals surface area contributed by atoms with Crippen molar-refractivity contribution < 1.29 is 28.6 Å². The Morgan fingerprint density at radius 2 is 1.79 bits per heavy atom. The lowest BCUT2D eigenvalue weighted by molar-refractivity contribution is -0.164. The zero-order valence-electron chi connectivity index (χ0n) is 23.4. The average molecular weight is 537 g/mol. The lowest BCUT2D eigenvalue weighted by Gasteiger charge is -2.39. The third kappa shape index (κ3) is 7.85. The molecule has 0 aromatic heterocycles. The van der Waals surface area contributed by atoms with Gasteiger partial charge < -0.3 is 24.4 Å². The highest BCUT2D eigenvalue weighted by Gasteiger charge is 2.40. The second kappa shape index (κ2) is 13.8. The predicted molar refractivity (Wildman–Crippen MR) is 149 cm³/mol. The normalized spacial score (nSPS) is 16.1. The molecule has 1 saturated heterocycles. The van der Waals surface area contributed by atoms with Crippen LogP contribution in [-0.2, 0) is 25.5 Å². The molecule has 2 aromatic carbocycles. The van der Waals surface area contributed by atoms with Crippen LogP contribution < -0.4 is 14.8 Å². The van der Waals surface area contributed by atoms with Crippen LogP contribution in [0.15, 0.2) is 61.2 Å². The topological polar surface area (TPSA) is 94.2 Å². The smallest absolute Gasteiger partial charge is 0.329 e. The van der Waals surface area contributed by atoms with Gasteiger partial charge >= 0.3 is 5.97 Å². The molecule has 2 atom stereocenters. The van der Waals surface area contributed by atoms with E-state index in [0.717, 1.165) is 24.0 Å². The van der Waals surface area contributed by atoms with Crippen LogP contribution in [0.3, 0.4) is 0 Å². The van der Waals surface area contributed by atoms with Crippen molar-refractivity contribution in [1.82, 2.24) is 10.2 Å². The summed E-state index contributed by atoms with van der Waals surface area (Å²) < 4.78 is 16.9. The van der Waals surface area contributed by atoms with Gasteiger partial charge in [-0.05, 0) is 75.3 Å². The fourth-order valence-electron chi connectivity index (χ4n) is 4.78. The molecule has 0 saturated carbocycles. The maximum absolute atomic E-state index is 13.6. The van der Waals surface area contributed by atoms with Crippen molar-refractivity contribution in [1.29, 1.82) is 0 Å². The third-order valence-electron chi connectivity index (χ3n) is 7.08. The van der Waals surface area contributed by atoms with Crippen molar-refractivity contribution in [3.05, 3.63) is 72.3 Å². The zero-order chi connectivity index (χ0) is 28.4. The highest BCUT2D eigenvalue weighted by atomic mass is 16.5. The Morgan fingerprint density at radius 1 is 1.08 bits per heavy atom. The molecule has 0 unspecified atom stereocenters. The number of piperidine rings is 1. The SMILES string of the molecule is C=CC(=O)NCC(C)(C)C(=O)N1CCCC[C@H]1C(=O)O[C@H](CCc1ccc(OC)c(OC)c1)c1ccccc1. The number of likely N-dealkylation sites (tertiary alicyclic amines) is 1. The monoisotopic (exact) mass is 536 g/mol. The predicted octanol–water partition coefficient (Wildman–Crippen LogP) is 4.63. The maximum atomic E-state index is 13.6. The zero-order valence-corrected chi connectivity index (χ0v) is 23.4. The van der Waals surface area contributed by atoms with Crippen molar-refractivity contribution in [3.63, 3.8) is 0 Å². The van der Waals surface area contributed by atoms with E-state index >= 15 is 0 Å². The molecule has 8 heteroatoms. The molecule has 0 radical (unpaired) electrons. The number of rotatable bonds is 12. The molecule has 1 fully saturated rings. The van der Waals surface area contributed by atoms with Gasteiger partial charge in [0.25, 0.3) is 0 Å². The summed E-state index contributed by atoms with van der Waals surface area (Å²) in [7, 11) is 3.20. The molecule has 39 heavy (non-hydrogen) atoms. The second-order valence-electron chi connectivity index (χ2n) is 10.4. The molecular formula is C31H40N2O6. The van der Waals surface area contributed by atoms with Crippen LogP contribution in [-0.4, -0.2) is 56.0 Å². The molecule has 8 nitrogen and oxygen atoms in total. The number of amides is 2. The van der Waals surface area contributed by atoms with Gasteiger partial charge in [0, 0.05) is 13.1 Å². The minimum atomic E-state index is -0.888. The maximum Gasteiger partial charge on any atom is 0.329 e. The minimum Gasteiger partial charge on any atom is -0.493 e. The van der Waals surface area contributed by atoms with E-state index < -0.39 is 23.5 Å². The highest BCUT2D eigenvalue weighted by Crippen LogP contribution is 2.32. The van der Waals surface area contributed by atoms with E-state index in [1.54, 1.807) is 33.0 Å². The number of carbonyl (C=O) groups excluding carboxylic acids is 3. The fraction of sp³-hybridized carbons (Fsp3) is 0.452. The van der Waals surface area contributed by atoms with Gasteiger partial charge in [-0.2, -0.15) is 0 Å². The van der Waals surface area contributed by atoms with Crippen molar-refractivity contribution in [2.45, 2.75) is 58.1 Å². The summed E-state index contributed by atoms with van der Waals surface area (Å²) >= 11 is 0. The molecule has 0 bridgehead atoms. The van der Waals surface area contributed by atoms with Crippen LogP contribution in [0.1, 0.15) is 56.8 Å². The van der Waals surface area contributed by atoms with Gasteiger partial charge in [0.1, 0.15) is 12.1 Å². The second-order valence-corrected chi connectivity index (χ2v) is 10.4. The Labute approximate surface area is 231 Å². The molecule has 210 valence electrons. The lowest BCUT2D eigenvalue weighted by atomic mass is 9.89. The quantitative estimate of drug-likeness (QED) is 0.314. The number of nitrogens with zero attached hydrogens (tertiary/aromatic N) is 1. The number of aryl methyl sites for hydroxylation is 1. The van der Waals surface area contributed by atoms with E-state index in [0.29, 0.717) is 37.3 Å². The van der Waals surface area contributed by atoms with Crippen LogP contribution in [0.4, 0.5) is 0 Å². The van der Waals surface area contributed by atoms with E-state index in [2.05, 4.69) is 11.9 Å². The van der Waals surface area contributed by atoms with Crippen molar-refractivity contribution in [2.24, 2.45) is 5.41 Å². The Bertz CT molecular complexity index is 1150. The Morgan fingerprint density at radius 3 is 2.46 bits per heavy atom. The first-order valence-corrected chi connectivity index (χ1v) is 13.4. The standard InChI is InChI=1S/C31H40N2O6/c1-6-28(34)32-21-31(2,3)30(36)33-19-11-10-14-24(33)29(35)39-25(23-12-8-7-9-13-23)17-15-22-16-18-26(37-4)27(20-22)38-5/h6-9,12-13,16,18,20,24-25H,1,10-11,14-15,17,19,21H2,2-5H3,(H,32,34)/t24-,25+/m0/s1. The number of ether oxygens (including phenoxy) is 3. The number of esters is 1. The summed E-state index contributed by atoms with van der Waals surface area (Å²) in [5.74, 6) is 0.365. The van der Waals surface area contributed by atoms with Gasteiger partial charge in [0.2, 0.25) is 11.8 Å². The minimum absolute atomic E-state index is 0.146. The van der Waals surface area contributed by atoms with Gasteiger partial charge in [-0.3, -0.25) is 9.59 Å². The molecule has 2 amide bonds. The van der Waals surface area contributed by atoms with Crippen molar-refractivity contribution in [3.8, 4) is 11.5 Å². The average Bonchev–Trinajstić information content (AvgIpc) is 2.97. The lowest BCUT2D eigenvalue weighted by Crippen LogP contribution is -2.55. The summed E-state index contributed by atoms with van der Waals surface area (Å²) in [6, 6.07) is 14.7. The summed E-state index contributed by atoms with van der Waals surface area (Å²) in [4.78, 5) is 40.4. The van der Waals surface area contributed by atoms with Crippen LogP contribution in [0.5, 0.6) is 11.5 Å². The molecular weight excluding hydrogens is 496 g/mol. The van der Waals surface area contributed by atoms with Crippen molar-refractivity contribution >= 4 is 17.8 Å². The molecule has 0 spiro atoms. The molecule has 1 heterocycles. The molecule has 0 aliphatic carbocycles. The van der Waals surface area contributed by atoms with Crippen LogP contribution in [0.25, 0.3) is 0 Å². The first-order chi connectivity index (χ1) is 18.7. The van der Waals surface area contributed by atoms with E-state index in [-0.39, 0.29) is 18.4 Å². The summed E-state index contributed by atoms with van der Waals surface area (Å²) in [6.45, 7) is 7.61. The number of hydrogen-bond donors (Lipinski definition) is 1. The summed E-state index contributed by atoms with van der Waals surface area (Å²) in [5.41, 5.74) is 1.04. The molecule has 3 rings (SSSR count). The largest absolute Gasteiger partial charge is 0.493 e. The first-order valence-electron chi connectivity index (χ1n) is 13.4. The van der Waals surface area contributed by atoms with E-state index in [1.807, 2.05) is 48.5 Å². The Balaban J connectivity index is 1.76. The fourth-order valence-corrected chi connectivity index (χ4v) is 4.78. The molecule has 1 aliphatic heterocycles. The van der Waals surface area contributed by atoms with E-state index in [4.69, 9.17) is 14.2 Å². The number of carbonyl (C=O) groups is 3. The van der Waals surface area contributed by atoms with Gasteiger partial charge in [0.15, 0.2) is 11.5 Å². The van der Waals surface area contributed by atoms with Gasteiger partial charge in [-0.15, -0.1) is 0 Å².